The van der Waals surface area contributed by atoms with Crippen LogP contribution in [-0.4, -0.2) is 43.5 Å². The van der Waals surface area contributed by atoms with Crippen LogP contribution in [0.4, 0.5) is 10.1 Å². The molecule has 4 rings (SSSR count). The number of rotatable bonds is 6. The van der Waals surface area contributed by atoms with Crippen LogP contribution in [0.5, 0.6) is 0 Å². The average Bonchev–Trinajstić information content (AvgIpc) is 3.04. The molecule has 1 aliphatic carbocycles. The minimum atomic E-state index is -0.470. The van der Waals surface area contributed by atoms with E-state index in [0.717, 1.165) is 24.2 Å². The summed E-state index contributed by atoms with van der Waals surface area (Å²) in [7, 11) is 0. The van der Waals surface area contributed by atoms with Crippen LogP contribution in [0.2, 0.25) is 5.02 Å². The Morgan fingerprint density at radius 2 is 1.89 bits per heavy atom. The van der Waals surface area contributed by atoms with Crippen LogP contribution in [0, 0.1) is 29.5 Å². The fraction of sp³-hybridized carbons (Fsp3) is 0.650. The zero-order valence-electron chi connectivity index (χ0n) is 15.8. The van der Waals surface area contributed by atoms with Crippen molar-refractivity contribution in [3.8, 4) is 0 Å². The van der Waals surface area contributed by atoms with Crippen molar-refractivity contribution in [1.82, 2.24) is 10.2 Å². The second-order valence-electron chi connectivity index (χ2n) is 8.11. The van der Waals surface area contributed by atoms with E-state index in [4.69, 9.17) is 11.6 Å². The van der Waals surface area contributed by atoms with Gasteiger partial charge in [-0.05, 0) is 87.3 Å². The molecular formula is C20H29Cl3FN3O. The van der Waals surface area contributed by atoms with Gasteiger partial charge in [-0.25, -0.2) is 4.39 Å². The van der Waals surface area contributed by atoms with E-state index in [9.17, 15) is 9.18 Å². The molecule has 0 bridgehead atoms. The number of anilines is 1. The smallest absolute Gasteiger partial charge is 0.224 e. The summed E-state index contributed by atoms with van der Waals surface area (Å²) in [4.78, 5) is 14.7. The van der Waals surface area contributed by atoms with Crippen LogP contribution in [0.25, 0.3) is 0 Å². The first-order chi connectivity index (χ1) is 12.6. The summed E-state index contributed by atoms with van der Waals surface area (Å²) < 4.78 is 13.2. The first kappa shape index (κ1) is 23.7. The van der Waals surface area contributed by atoms with E-state index in [0.29, 0.717) is 18.0 Å². The fourth-order valence-corrected chi connectivity index (χ4v) is 4.89. The summed E-state index contributed by atoms with van der Waals surface area (Å²) in [6, 6.07) is 4.27. The highest BCUT2D eigenvalue weighted by Crippen LogP contribution is 2.49. The molecule has 3 aliphatic rings. The lowest BCUT2D eigenvalue weighted by atomic mass is 9.92. The fourth-order valence-electron chi connectivity index (χ4n) is 4.71. The predicted molar refractivity (Wildman–Crippen MR) is 116 cm³/mol. The van der Waals surface area contributed by atoms with E-state index in [2.05, 4.69) is 15.5 Å². The maximum absolute atomic E-state index is 13.2. The molecule has 0 spiro atoms. The number of likely N-dealkylation sites (tertiary alicyclic amines) is 1. The van der Waals surface area contributed by atoms with Gasteiger partial charge in [-0.3, -0.25) is 4.79 Å². The van der Waals surface area contributed by atoms with Crippen molar-refractivity contribution in [1.29, 1.82) is 0 Å². The van der Waals surface area contributed by atoms with Crippen molar-refractivity contribution in [2.45, 2.75) is 25.7 Å². The quantitative estimate of drug-likeness (QED) is 0.679. The number of hydrogen-bond donors (Lipinski definition) is 2. The lowest BCUT2D eigenvalue weighted by Crippen LogP contribution is -2.36. The van der Waals surface area contributed by atoms with Crippen molar-refractivity contribution in [2.24, 2.45) is 23.7 Å². The Morgan fingerprint density at radius 3 is 2.54 bits per heavy atom. The zero-order valence-corrected chi connectivity index (χ0v) is 18.2. The number of piperidine rings is 2. The zero-order chi connectivity index (χ0) is 18.1. The van der Waals surface area contributed by atoms with Crippen molar-refractivity contribution in [2.75, 3.05) is 38.0 Å². The summed E-state index contributed by atoms with van der Waals surface area (Å²) in [5, 5.41) is 6.31. The topological polar surface area (TPSA) is 44.4 Å². The van der Waals surface area contributed by atoms with E-state index in [-0.39, 0.29) is 35.7 Å². The molecule has 0 aromatic heterocycles. The van der Waals surface area contributed by atoms with Crippen LogP contribution in [0.15, 0.2) is 18.2 Å². The first-order valence-corrected chi connectivity index (χ1v) is 10.2. The summed E-state index contributed by atoms with van der Waals surface area (Å²) in [5.41, 5.74) is 0.556. The second-order valence-corrected chi connectivity index (χ2v) is 8.52. The number of carbonyl (C=O) groups is 1. The Kier molecular flexibility index (Phi) is 8.83. The van der Waals surface area contributed by atoms with E-state index >= 15 is 0 Å². The molecule has 3 fully saturated rings. The number of carbonyl (C=O) groups excluding carboxylic acids is 1. The maximum Gasteiger partial charge on any atom is 0.224 e. The second kappa shape index (κ2) is 10.4. The molecule has 1 aromatic rings. The number of benzene rings is 1. The first-order valence-electron chi connectivity index (χ1n) is 9.78. The lowest BCUT2D eigenvalue weighted by molar-refractivity contribution is -0.116. The Bertz CT molecular complexity index is 660. The van der Waals surface area contributed by atoms with Crippen LogP contribution < -0.4 is 10.6 Å². The minimum Gasteiger partial charge on any atom is -0.326 e. The van der Waals surface area contributed by atoms with E-state index in [1.807, 2.05) is 0 Å². The number of halogens is 4. The lowest BCUT2D eigenvalue weighted by Gasteiger charge is -2.32. The van der Waals surface area contributed by atoms with Crippen LogP contribution >= 0.6 is 36.4 Å². The monoisotopic (exact) mass is 451 g/mol. The number of hydrogen-bond acceptors (Lipinski definition) is 3. The number of fused-ring (bicyclic) bond motifs is 1. The molecule has 8 heteroatoms. The van der Waals surface area contributed by atoms with E-state index in [1.165, 1.54) is 57.7 Å². The molecule has 1 unspecified atom stereocenters. The van der Waals surface area contributed by atoms with Crippen molar-refractivity contribution >= 4 is 48.0 Å². The molecule has 3 atom stereocenters. The Morgan fingerprint density at radius 1 is 1.21 bits per heavy atom. The largest absolute Gasteiger partial charge is 0.326 e. The molecule has 1 amide bonds. The Hall–Kier alpha value is -0.590. The molecule has 1 aromatic carbocycles. The van der Waals surface area contributed by atoms with Gasteiger partial charge in [0.15, 0.2) is 0 Å². The standard InChI is InChI=1S/C20H27ClFN3O.2ClH/c21-18-9-14(2-3-19(18)22)24-20(26)4-1-13-5-7-25(8-6-13)12-17-15-10-23-11-16(15)17;;/h2-3,9,13,15-17,23H,1,4-8,10-12H2,(H,24,26);2*1H/t15-,16+,17?;;. The van der Waals surface area contributed by atoms with Gasteiger partial charge in [-0.2, -0.15) is 0 Å². The highest BCUT2D eigenvalue weighted by molar-refractivity contribution is 6.31. The molecule has 4 nitrogen and oxygen atoms in total. The average molecular weight is 453 g/mol. The van der Waals surface area contributed by atoms with Gasteiger partial charge in [0.2, 0.25) is 5.91 Å². The molecule has 2 aliphatic heterocycles. The van der Waals surface area contributed by atoms with E-state index < -0.39 is 5.82 Å². The predicted octanol–water partition coefficient (Wildman–Crippen LogP) is 4.22. The number of nitrogens with one attached hydrogen (secondary N) is 2. The molecular weight excluding hydrogens is 424 g/mol. The third-order valence-corrected chi connectivity index (χ3v) is 6.72. The summed E-state index contributed by atoms with van der Waals surface area (Å²) in [6.07, 6.45) is 3.82. The third-order valence-electron chi connectivity index (χ3n) is 6.43. The van der Waals surface area contributed by atoms with Crippen LogP contribution in [0.1, 0.15) is 25.7 Å². The normalized spacial score (nSPS) is 26.7. The molecule has 158 valence electrons. The van der Waals surface area contributed by atoms with Crippen LogP contribution in [-0.2, 0) is 4.79 Å². The minimum absolute atomic E-state index is 0. The van der Waals surface area contributed by atoms with Crippen LogP contribution in [0.3, 0.4) is 0 Å². The van der Waals surface area contributed by atoms with Gasteiger partial charge in [-0.1, -0.05) is 11.6 Å². The molecule has 2 heterocycles. The molecule has 28 heavy (non-hydrogen) atoms. The van der Waals surface area contributed by atoms with E-state index in [1.54, 1.807) is 6.07 Å². The van der Waals surface area contributed by atoms with Crippen molar-refractivity contribution in [3.05, 3.63) is 29.0 Å². The molecule has 0 radical (unpaired) electrons. The van der Waals surface area contributed by atoms with Gasteiger partial charge in [-0.15, -0.1) is 24.8 Å². The summed E-state index contributed by atoms with van der Waals surface area (Å²) >= 11 is 5.75. The molecule has 2 N–H and O–H groups in total. The van der Waals surface area contributed by atoms with Crippen molar-refractivity contribution < 1.29 is 9.18 Å². The Balaban J connectivity index is 0.00000140. The third kappa shape index (κ3) is 5.73. The highest BCUT2D eigenvalue weighted by atomic mass is 35.5. The Labute approximate surface area is 183 Å². The summed E-state index contributed by atoms with van der Waals surface area (Å²) in [6.45, 7) is 6.06. The molecule has 2 saturated heterocycles. The van der Waals surface area contributed by atoms with Gasteiger partial charge in [0.25, 0.3) is 0 Å². The van der Waals surface area contributed by atoms with Gasteiger partial charge in [0, 0.05) is 18.7 Å². The number of amides is 1. The van der Waals surface area contributed by atoms with Gasteiger partial charge in [0.05, 0.1) is 5.02 Å². The maximum atomic E-state index is 13.2. The molecule has 1 saturated carbocycles. The van der Waals surface area contributed by atoms with Gasteiger partial charge >= 0.3 is 0 Å². The SMILES string of the molecule is Cl.Cl.O=C(CCC1CCN(CC2[C@H]3CNC[C@@H]23)CC1)Nc1ccc(F)c(Cl)c1. The highest BCUT2D eigenvalue weighted by Gasteiger charge is 2.52. The summed E-state index contributed by atoms with van der Waals surface area (Å²) in [5.74, 6) is 2.96. The van der Waals surface area contributed by atoms with Gasteiger partial charge in [0.1, 0.15) is 5.82 Å². The number of nitrogens with zero attached hydrogens (tertiary/aromatic N) is 1. The van der Waals surface area contributed by atoms with Crippen molar-refractivity contribution in [3.63, 3.8) is 0 Å². The van der Waals surface area contributed by atoms with Gasteiger partial charge < -0.3 is 15.5 Å².